The highest BCUT2D eigenvalue weighted by Crippen LogP contribution is 2.03. The standard InChI is InChI=1S/C11H22O4/c1-5-9(2)15-11(4)7-14-10(3)6-13-8-12/h8-11H,5-7H2,1-4H3. The lowest BCUT2D eigenvalue weighted by Gasteiger charge is -2.20. The smallest absolute Gasteiger partial charge is 0.293 e. The predicted molar refractivity (Wildman–Crippen MR) is 57.7 cm³/mol. The molecule has 0 heterocycles. The summed E-state index contributed by atoms with van der Waals surface area (Å²) in [7, 11) is 0. The van der Waals surface area contributed by atoms with Crippen LogP contribution in [-0.4, -0.2) is 38.0 Å². The largest absolute Gasteiger partial charge is 0.465 e. The number of ether oxygens (including phenoxy) is 3. The van der Waals surface area contributed by atoms with Crippen molar-refractivity contribution in [3.05, 3.63) is 0 Å². The van der Waals surface area contributed by atoms with Crippen LogP contribution in [0.1, 0.15) is 34.1 Å². The maximum atomic E-state index is 9.93. The van der Waals surface area contributed by atoms with Gasteiger partial charge in [-0.1, -0.05) is 6.92 Å². The lowest BCUT2D eigenvalue weighted by Crippen LogP contribution is -2.25. The average molecular weight is 218 g/mol. The minimum atomic E-state index is -0.0850. The number of rotatable bonds is 9. The molecule has 0 spiro atoms. The molecule has 0 amide bonds. The van der Waals surface area contributed by atoms with E-state index in [0.29, 0.717) is 19.7 Å². The van der Waals surface area contributed by atoms with Crippen molar-refractivity contribution in [2.45, 2.75) is 52.4 Å². The van der Waals surface area contributed by atoms with Gasteiger partial charge in [-0.05, 0) is 27.2 Å². The van der Waals surface area contributed by atoms with Gasteiger partial charge in [0.15, 0.2) is 0 Å². The van der Waals surface area contributed by atoms with Crippen LogP contribution in [0.15, 0.2) is 0 Å². The van der Waals surface area contributed by atoms with Gasteiger partial charge < -0.3 is 14.2 Å². The Labute approximate surface area is 91.9 Å². The zero-order valence-electron chi connectivity index (χ0n) is 10.1. The molecule has 0 aromatic heterocycles. The van der Waals surface area contributed by atoms with Gasteiger partial charge in [0.25, 0.3) is 6.47 Å². The van der Waals surface area contributed by atoms with Gasteiger partial charge in [0.2, 0.25) is 0 Å². The third kappa shape index (κ3) is 8.39. The Balaban J connectivity index is 3.51. The first kappa shape index (κ1) is 14.4. The highest BCUT2D eigenvalue weighted by atomic mass is 16.6. The topological polar surface area (TPSA) is 44.8 Å². The van der Waals surface area contributed by atoms with Crippen LogP contribution in [0, 0.1) is 0 Å². The SMILES string of the molecule is CCC(C)OC(C)COC(C)COC=O. The number of hydrogen-bond donors (Lipinski definition) is 0. The first-order valence-electron chi connectivity index (χ1n) is 5.42. The fourth-order valence-electron chi connectivity index (χ4n) is 1.05. The molecule has 0 radical (unpaired) electrons. The monoisotopic (exact) mass is 218 g/mol. The quantitative estimate of drug-likeness (QED) is 0.553. The van der Waals surface area contributed by atoms with Crippen molar-refractivity contribution in [1.29, 1.82) is 0 Å². The summed E-state index contributed by atoms with van der Waals surface area (Å²) in [5.41, 5.74) is 0. The van der Waals surface area contributed by atoms with Crippen molar-refractivity contribution in [3.8, 4) is 0 Å². The van der Waals surface area contributed by atoms with E-state index in [-0.39, 0.29) is 18.3 Å². The Morgan fingerprint density at radius 1 is 1.07 bits per heavy atom. The average Bonchev–Trinajstić information content (AvgIpc) is 2.23. The lowest BCUT2D eigenvalue weighted by molar-refractivity contribution is -0.134. The van der Waals surface area contributed by atoms with Gasteiger partial charge in [0, 0.05) is 0 Å². The third-order valence-corrected chi connectivity index (χ3v) is 2.05. The molecule has 0 bridgehead atoms. The van der Waals surface area contributed by atoms with Crippen LogP contribution in [0.4, 0.5) is 0 Å². The van der Waals surface area contributed by atoms with Gasteiger partial charge in [0.1, 0.15) is 6.61 Å². The van der Waals surface area contributed by atoms with Crippen LogP contribution in [-0.2, 0) is 19.0 Å². The minimum Gasteiger partial charge on any atom is -0.465 e. The second-order valence-electron chi connectivity index (χ2n) is 3.74. The first-order chi connectivity index (χ1) is 7.10. The fraction of sp³-hybridized carbons (Fsp3) is 0.909. The van der Waals surface area contributed by atoms with Crippen molar-refractivity contribution >= 4 is 6.47 Å². The summed E-state index contributed by atoms with van der Waals surface area (Å²) in [6, 6.07) is 0. The van der Waals surface area contributed by atoms with Gasteiger partial charge in [-0.25, -0.2) is 0 Å². The van der Waals surface area contributed by atoms with Crippen LogP contribution in [0.2, 0.25) is 0 Å². The molecule has 0 fully saturated rings. The molecule has 0 saturated heterocycles. The molecule has 15 heavy (non-hydrogen) atoms. The zero-order valence-corrected chi connectivity index (χ0v) is 10.1. The highest BCUT2D eigenvalue weighted by Gasteiger charge is 2.09. The minimum absolute atomic E-state index is 0.0682. The molecule has 0 aliphatic rings. The van der Waals surface area contributed by atoms with Crippen LogP contribution in [0.3, 0.4) is 0 Å². The molecule has 3 unspecified atom stereocenters. The number of hydrogen-bond acceptors (Lipinski definition) is 4. The van der Waals surface area contributed by atoms with Crippen molar-refractivity contribution < 1.29 is 19.0 Å². The second kappa shape index (κ2) is 8.68. The molecule has 0 aliphatic carbocycles. The third-order valence-electron chi connectivity index (χ3n) is 2.05. The molecular formula is C11H22O4. The molecule has 0 aromatic rings. The maximum absolute atomic E-state index is 9.93. The Kier molecular flexibility index (Phi) is 8.33. The summed E-state index contributed by atoms with van der Waals surface area (Å²) >= 11 is 0. The number of carbonyl (C=O) groups is 1. The Morgan fingerprint density at radius 2 is 1.73 bits per heavy atom. The van der Waals surface area contributed by atoms with Crippen molar-refractivity contribution in [1.82, 2.24) is 0 Å². The molecule has 90 valence electrons. The van der Waals surface area contributed by atoms with E-state index in [1.807, 2.05) is 20.8 Å². The van der Waals surface area contributed by atoms with E-state index >= 15 is 0 Å². The Hall–Kier alpha value is -0.610. The first-order valence-corrected chi connectivity index (χ1v) is 5.42. The molecule has 4 heteroatoms. The summed E-state index contributed by atoms with van der Waals surface area (Å²) in [6.07, 6.45) is 1.23. The van der Waals surface area contributed by atoms with E-state index in [1.54, 1.807) is 0 Å². The summed E-state index contributed by atoms with van der Waals surface area (Å²) in [4.78, 5) is 9.93. The van der Waals surface area contributed by atoms with Crippen molar-refractivity contribution in [3.63, 3.8) is 0 Å². The molecule has 0 rings (SSSR count). The van der Waals surface area contributed by atoms with Crippen LogP contribution in [0.5, 0.6) is 0 Å². The molecule has 4 nitrogen and oxygen atoms in total. The van der Waals surface area contributed by atoms with E-state index in [9.17, 15) is 4.79 Å². The molecule has 0 saturated carbocycles. The molecular weight excluding hydrogens is 196 g/mol. The van der Waals surface area contributed by atoms with Gasteiger partial charge in [-0.2, -0.15) is 0 Å². The van der Waals surface area contributed by atoms with Crippen LogP contribution < -0.4 is 0 Å². The Bertz CT molecular complexity index is 161. The normalized spacial score (nSPS) is 16.8. The van der Waals surface area contributed by atoms with E-state index in [4.69, 9.17) is 9.47 Å². The van der Waals surface area contributed by atoms with Crippen LogP contribution >= 0.6 is 0 Å². The van der Waals surface area contributed by atoms with E-state index in [2.05, 4.69) is 11.7 Å². The second-order valence-corrected chi connectivity index (χ2v) is 3.74. The summed E-state index contributed by atoms with van der Waals surface area (Å²) in [5, 5.41) is 0. The fourth-order valence-corrected chi connectivity index (χ4v) is 1.05. The summed E-state index contributed by atoms with van der Waals surface area (Å²) in [5.74, 6) is 0. The van der Waals surface area contributed by atoms with E-state index in [1.165, 1.54) is 0 Å². The van der Waals surface area contributed by atoms with E-state index < -0.39 is 0 Å². The Morgan fingerprint density at radius 3 is 2.27 bits per heavy atom. The molecule has 0 aromatic carbocycles. The van der Waals surface area contributed by atoms with Crippen LogP contribution in [0.25, 0.3) is 0 Å². The van der Waals surface area contributed by atoms with Gasteiger partial charge in [-0.15, -0.1) is 0 Å². The van der Waals surface area contributed by atoms with Gasteiger partial charge >= 0.3 is 0 Å². The summed E-state index contributed by atoms with van der Waals surface area (Å²) in [6.45, 7) is 9.19. The van der Waals surface area contributed by atoms with Crippen molar-refractivity contribution in [2.75, 3.05) is 13.2 Å². The van der Waals surface area contributed by atoms with Crippen molar-refractivity contribution in [2.24, 2.45) is 0 Å². The van der Waals surface area contributed by atoms with Gasteiger partial charge in [-0.3, -0.25) is 4.79 Å². The highest BCUT2D eigenvalue weighted by molar-refractivity contribution is 5.36. The van der Waals surface area contributed by atoms with E-state index in [0.717, 1.165) is 6.42 Å². The van der Waals surface area contributed by atoms with Gasteiger partial charge in [0.05, 0.1) is 24.9 Å². The zero-order chi connectivity index (χ0) is 11.7. The predicted octanol–water partition coefficient (Wildman–Crippen LogP) is 1.77. The molecule has 0 N–H and O–H groups in total. The molecule has 3 atom stereocenters. The number of carbonyl (C=O) groups excluding carboxylic acids is 1. The maximum Gasteiger partial charge on any atom is 0.293 e. The summed E-state index contributed by atoms with van der Waals surface area (Å²) < 4.78 is 15.6. The lowest BCUT2D eigenvalue weighted by atomic mass is 10.3. The molecule has 0 aliphatic heterocycles.